The Hall–Kier alpha value is -0.120. The van der Waals surface area contributed by atoms with Gasteiger partial charge in [0, 0.05) is 13.2 Å². The van der Waals surface area contributed by atoms with Crippen molar-refractivity contribution in [2.75, 3.05) is 40.0 Å². The maximum absolute atomic E-state index is 5.57. The predicted molar refractivity (Wildman–Crippen MR) is 101 cm³/mol. The number of rotatable bonds is 20. The third-order valence-corrected chi connectivity index (χ3v) is 4.26. The van der Waals surface area contributed by atoms with Crippen molar-refractivity contribution in [3.63, 3.8) is 0 Å². The topological polar surface area (TPSA) is 30.5 Å². The zero-order valence-electron chi connectivity index (χ0n) is 16.0. The average Bonchev–Trinajstić information content (AvgIpc) is 2.57. The fraction of sp³-hybridized carbons (Fsp3) is 1.00. The van der Waals surface area contributed by atoms with Crippen molar-refractivity contribution < 1.29 is 9.47 Å². The van der Waals surface area contributed by atoms with Gasteiger partial charge in [-0.3, -0.25) is 0 Å². The Balaban J connectivity index is 2.92. The first-order valence-corrected chi connectivity index (χ1v) is 10.2. The lowest BCUT2D eigenvalue weighted by molar-refractivity contribution is 0.0477. The van der Waals surface area contributed by atoms with Crippen LogP contribution in [0.15, 0.2) is 0 Å². The molecule has 0 unspecified atom stereocenters. The molecule has 0 aliphatic rings. The van der Waals surface area contributed by atoms with Gasteiger partial charge in [-0.15, -0.1) is 0 Å². The van der Waals surface area contributed by atoms with Gasteiger partial charge in [0.2, 0.25) is 0 Å². The summed E-state index contributed by atoms with van der Waals surface area (Å²) in [6, 6.07) is 0. The third kappa shape index (κ3) is 21.9. The van der Waals surface area contributed by atoms with E-state index in [1.165, 1.54) is 83.5 Å². The second kappa shape index (κ2) is 21.9. The van der Waals surface area contributed by atoms with Crippen LogP contribution < -0.4 is 5.32 Å². The highest BCUT2D eigenvalue weighted by molar-refractivity contribution is 4.49. The summed E-state index contributed by atoms with van der Waals surface area (Å²) in [5.74, 6) is 0. The SMILES string of the molecule is CCCCCCCCCCCCCCCOCCOCCNC. The van der Waals surface area contributed by atoms with Crippen LogP contribution in [0.25, 0.3) is 0 Å². The maximum Gasteiger partial charge on any atom is 0.0701 e. The van der Waals surface area contributed by atoms with Crippen molar-refractivity contribution in [1.82, 2.24) is 5.32 Å². The van der Waals surface area contributed by atoms with Gasteiger partial charge in [-0.05, 0) is 13.5 Å². The van der Waals surface area contributed by atoms with Crippen LogP contribution in [0, 0.1) is 0 Å². The van der Waals surface area contributed by atoms with E-state index in [1.807, 2.05) is 7.05 Å². The van der Waals surface area contributed by atoms with E-state index in [2.05, 4.69) is 12.2 Å². The van der Waals surface area contributed by atoms with Crippen LogP contribution in [0.1, 0.15) is 90.4 Å². The summed E-state index contributed by atoms with van der Waals surface area (Å²) in [6.45, 7) is 6.33. The summed E-state index contributed by atoms with van der Waals surface area (Å²) in [6.07, 6.45) is 18.2. The molecule has 3 heteroatoms. The minimum absolute atomic E-state index is 0.722. The predicted octanol–water partition coefficient (Wildman–Crippen LogP) is 5.33. The van der Waals surface area contributed by atoms with Crippen LogP contribution in [-0.4, -0.2) is 40.0 Å². The Morgan fingerprint density at radius 2 is 0.957 bits per heavy atom. The minimum Gasteiger partial charge on any atom is -0.379 e. The molecule has 0 bridgehead atoms. The van der Waals surface area contributed by atoms with Crippen molar-refractivity contribution in [3.05, 3.63) is 0 Å². The molecular formula is C20H43NO2. The fourth-order valence-electron chi connectivity index (χ4n) is 2.72. The molecule has 0 rings (SSSR count). The van der Waals surface area contributed by atoms with Gasteiger partial charge in [0.1, 0.15) is 0 Å². The van der Waals surface area contributed by atoms with Crippen LogP contribution in [0.3, 0.4) is 0 Å². The smallest absolute Gasteiger partial charge is 0.0701 e. The summed E-state index contributed by atoms with van der Waals surface area (Å²) >= 11 is 0. The second-order valence-electron chi connectivity index (χ2n) is 6.57. The van der Waals surface area contributed by atoms with Gasteiger partial charge in [0.15, 0.2) is 0 Å². The van der Waals surface area contributed by atoms with Crippen LogP contribution in [-0.2, 0) is 9.47 Å². The standard InChI is InChI=1S/C20H43NO2/c1-3-4-5-6-7-8-9-10-11-12-13-14-15-17-22-19-20-23-18-16-21-2/h21H,3-20H2,1-2H3. The third-order valence-electron chi connectivity index (χ3n) is 4.26. The van der Waals surface area contributed by atoms with E-state index < -0.39 is 0 Å². The van der Waals surface area contributed by atoms with Crippen molar-refractivity contribution in [2.24, 2.45) is 0 Å². The molecule has 0 spiro atoms. The molecule has 0 heterocycles. The van der Waals surface area contributed by atoms with Gasteiger partial charge in [-0.2, -0.15) is 0 Å². The number of ether oxygens (including phenoxy) is 2. The molecule has 0 saturated carbocycles. The number of hydrogen-bond acceptors (Lipinski definition) is 3. The Morgan fingerprint density at radius 3 is 1.43 bits per heavy atom. The van der Waals surface area contributed by atoms with Crippen LogP contribution in [0.5, 0.6) is 0 Å². The molecule has 0 radical (unpaired) electrons. The maximum atomic E-state index is 5.57. The molecular weight excluding hydrogens is 286 g/mol. The van der Waals surface area contributed by atoms with Crippen LogP contribution in [0.4, 0.5) is 0 Å². The molecule has 0 aromatic carbocycles. The lowest BCUT2D eigenvalue weighted by Crippen LogP contribution is -2.16. The van der Waals surface area contributed by atoms with E-state index >= 15 is 0 Å². The molecule has 0 aromatic heterocycles. The van der Waals surface area contributed by atoms with Gasteiger partial charge in [-0.25, -0.2) is 0 Å². The van der Waals surface area contributed by atoms with Gasteiger partial charge < -0.3 is 14.8 Å². The Morgan fingerprint density at radius 1 is 0.522 bits per heavy atom. The molecule has 0 atom stereocenters. The highest BCUT2D eigenvalue weighted by atomic mass is 16.5. The summed E-state index contributed by atoms with van der Waals surface area (Å²) in [7, 11) is 1.94. The first kappa shape index (κ1) is 22.9. The quantitative estimate of drug-likeness (QED) is 0.306. The number of unbranched alkanes of at least 4 members (excludes halogenated alkanes) is 12. The van der Waals surface area contributed by atoms with E-state index in [0.717, 1.165) is 33.0 Å². The van der Waals surface area contributed by atoms with E-state index in [4.69, 9.17) is 9.47 Å². The van der Waals surface area contributed by atoms with Crippen LogP contribution in [0.2, 0.25) is 0 Å². The van der Waals surface area contributed by atoms with E-state index in [-0.39, 0.29) is 0 Å². The van der Waals surface area contributed by atoms with E-state index in [9.17, 15) is 0 Å². The van der Waals surface area contributed by atoms with Crippen molar-refractivity contribution in [1.29, 1.82) is 0 Å². The fourth-order valence-corrected chi connectivity index (χ4v) is 2.72. The van der Waals surface area contributed by atoms with E-state index in [1.54, 1.807) is 0 Å². The lowest BCUT2D eigenvalue weighted by atomic mass is 10.0. The normalized spacial score (nSPS) is 11.2. The van der Waals surface area contributed by atoms with Crippen LogP contribution >= 0.6 is 0 Å². The summed E-state index contributed by atoms with van der Waals surface area (Å²) in [5, 5.41) is 3.06. The van der Waals surface area contributed by atoms with Gasteiger partial charge in [0.05, 0.1) is 19.8 Å². The minimum atomic E-state index is 0.722. The van der Waals surface area contributed by atoms with Gasteiger partial charge in [-0.1, -0.05) is 84.0 Å². The molecule has 0 amide bonds. The zero-order chi connectivity index (χ0) is 16.8. The Bertz CT molecular complexity index is 180. The van der Waals surface area contributed by atoms with Crippen molar-refractivity contribution >= 4 is 0 Å². The molecule has 140 valence electrons. The summed E-state index contributed by atoms with van der Waals surface area (Å²) < 4.78 is 11.0. The first-order chi connectivity index (χ1) is 11.4. The Kier molecular flexibility index (Phi) is 21.8. The van der Waals surface area contributed by atoms with Gasteiger partial charge >= 0.3 is 0 Å². The van der Waals surface area contributed by atoms with Crippen molar-refractivity contribution in [3.8, 4) is 0 Å². The zero-order valence-corrected chi connectivity index (χ0v) is 16.0. The molecule has 0 aliphatic carbocycles. The van der Waals surface area contributed by atoms with Crippen molar-refractivity contribution in [2.45, 2.75) is 90.4 Å². The summed E-state index contributed by atoms with van der Waals surface area (Å²) in [4.78, 5) is 0. The number of nitrogens with one attached hydrogen (secondary N) is 1. The highest BCUT2D eigenvalue weighted by Crippen LogP contribution is 2.12. The number of hydrogen-bond donors (Lipinski definition) is 1. The van der Waals surface area contributed by atoms with Gasteiger partial charge in [0.25, 0.3) is 0 Å². The molecule has 0 saturated heterocycles. The van der Waals surface area contributed by atoms with E-state index in [0.29, 0.717) is 0 Å². The molecule has 1 N–H and O–H groups in total. The molecule has 3 nitrogen and oxygen atoms in total. The molecule has 0 aromatic rings. The second-order valence-corrected chi connectivity index (χ2v) is 6.57. The molecule has 0 fully saturated rings. The number of likely N-dealkylation sites (N-methyl/N-ethyl adjacent to an activating group) is 1. The molecule has 0 aliphatic heterocycles. The lowest BCUT2D eigenvalue weighted by Gasteiger charge is -2.06. The summed E-state index contributed by atoms with van der Waals surface area (Å²) in [5.41, 5.74) is 0. The largest absolute Gasteiger partial charge is 0.379 e. The monoisotopic (exact) mass is 329 g/mol. The Labute approximate surface area is 145 Å². The first-order valence-electron chi connectivity index (χ1n) is 10.2. The molecule has 23 heavy (non-hydrogen) atoms. The highest BCUT2D eigenvalue weighted by Gasteiger charge is 1.94. The average molecular weight is 330 g/mol.